The Morgan fingerprint density at radius 3 is 2.21 bits per heavy atom. The predicted octanol–water partition coefficient (Wildman–Crippen LogP) is 4.25. The van der Waals surface area contributed by atoms with Crippen molar-refractivity contribution in [3.63, 3.8) is 0 Å². The number of hydrogen-bond donors (Lipinski definition) is 0. The number of amides is 2. The Morgan fingerprint density at radius 1 is 1.17 bits per heavy atom. The molecule has 1 heterocycles. The Labute approximate surface area is 149 Å². The van der Waals surface area contributed by atoms with Crippen LogP contribution in [-0.4, -0.2) is 47.8 Å². The zero-order valence-electron chi connectivity index (χ0n) is 16.9. The number of likely N-dealkylation sites (N-methyl/N-ethyl adjacent to an activating group) is 1. The van der Waals surface area contributed by atoms with E-state index < -0.39 is 0 Å². The summed E-state index contributed by atoms with van der Waals surface area (Å²) < 4.78 is 0. The molecular weight excluding hydrogens is 300 g/mol. The zero-order valence-corrected chi connectivity index (χ0v) is 16.9. The van der Waals surface area contributed by atoms with Gasteiger partial charge in [0, 0.05) is 38.2 Å². The first-order valence-electron chi connectivity index (χ1n) is 9.47. The molecule has 0 N–H and O–H groups in total. The molecule has 4 heteroatoms. The molecule has 4 nitrogen and oxygen atoms in total. The minimum absolute atomic E-state index is 0.148. The number of likely N-dealkylation sites (tertiary alicyclic amines) is 1. The van der Waals surface area contributed by atoms with Crippen LogP contribution < -0.4 is 0 Å². The highest BCUT2D eigenvalue weighted by Crippen LogP contribution is 2.13. The van der Waals surface area contributed by atoms with Crippen molar-refractivity contribution < 1.29 is 9.59 Å². The lowest BCUT2D eigenvalue weighted by Gasteiger charge is -2.28. The molecule has 0 spiro atoms. The third-order valence-corrected chi connectivity index (χ3v) is 4.48. The van der Waals surface area contributed by atoms with Crippen LogP contribution in [0, 0.1) is 5.92 Å². The molecule has 1 saturated heterocycles. The minimum atomic E-state index is 0.148. The summed E-state index contributed by atoms with van der Waals surface area (Å²) in [5.74, 6) is 0.816. The number of rotatable bonds is 4. The van der Waals surface area contributed by atoms with Gasteiger partial charge in [0.2, 0.25) is 11.8 Å². The molecule has 24 heavy (non-hydrogen) atoms. The van der Waals surface area contributed by atoms with Crippen molar-refractivity contribution in [1.29, 1.82) is 0 Å². The third-order valence-electron chi connectivity index (χ3n) is 4.48. The molecule has 140 valence electrons. The molecule has 0 aromatic carbocycles. The summed E-state index contributed by atoms with van der Waals surface area (Å²) >= 11 is 0. The van der Waals surface area contributed by atoms with Gasteiger partial charge < -0.3 is 9.80 Å². The van der Waals surface area contributed by atoms with Crippen molar-refractivity contribution in [2.45, 2.75) is 79.7 Å². The molecule has 0 unspecified atom stereocenters. The third kappa shape index (κ3) is 7.98. The fourth-order valence-corrected chi connectivity index (χ4v) is 2.79. The van der Waals surface area contributed by atoms with E-state index in [2.05, 4.69) is 13.8 Å². The second-order valence-electron chi connectivity index (χ2n) is 7.06. The van der Waals surface area contributed by atoms with Crippen molar-refractivity contribution in [3.05, 3.63) is 11.6 Å². The van der Waals surface area contributed by atoms with Crippen LogP contribution in [0.25, 0.3) is 0 Å². The van der Waals surface area contributed by atoms with E-state index in [1.807, 2.05) is 45.7 Å². The Kier molecular flexibility index (Phi) is 11.4. The maximum atomic E-state index is 11.6. The topological polar surface area (TPSA) is 40.6 Å². The molecule has 0 atom stereocenters. The van der Waals surface area contributed by atoms with Gasteiger partial charge in [-0.05, 0) is 46.5 Å². The Bertz CT molecular complexity index is 414. The molecular formula is C20H38N2O2. The van der Waals surface area contributed by atoms with Gasteiger partial charge in [0.1, 0.15) is 0 Å². The molecule has 0 bridgehead atoms. The molecule has 1 aliphatic heterocycles. The van der Waals surface area contributed by atoms with Crippen LogP contribution in [-0.2, 0) is 9.59 Å². The van der Waals surface area contributed by atoms with E-state index in [1.165, 1.54) is 19.3 Å². The Hall–Kier alpha value is -1.32. The van der Waals surface area contributed by atoms with E-state index in [9.17, 15) is 9.59 Å². The van der Waals surface area contributed by atoms with Crippen LogP contribution in [0.1, 0.15) is 73.6 Å². The van der Waals surface area contributed by atoms with Crippen LogP contribution in [0.5, 0.6) is 0 Å². The lowest BCUT2D eigenvalue weighted by molar-refractivity contribution is -0.133. The van der Waals surface area contributed by atoms with Crippen molar-refractivity contribution in [2.75, 3.05) is 20.1 Å². The SMILES string of the molecule is C/C=C(\C(=O)N(C)CC)C(C)C.CC(C)N1CCCCCCC1=O. The molecule has 1 aliphatic rings. The summed E-state index contributed by atoms with van der Waals surface area (Å²) in [4.78, 5) is 26.9. The molecule has 1 fully saturated rings. The van der Waals surface area contributed by atoms with Gasteiger partial charge in [-0.2, -0.15) is 0 Å². The van der Waals surface area contributed by atoms with E-state index in [0.29, 0.717) is 17.9 Å². The van der Waals surface area contributed by atoms with Crippen LogP contribution in [0.2, 0.25) is 0 Å². The lowest BCUT2D eigenvalue weighted by Crippen LogP contribution is -2.38. The largest absolute Gasteiger partial charge is 0.342 e. The first kappa shape index (κ1) is 22.7. The summed E-state index contributed by atoms with van der Waals surface area (Å²) in [5, 5.41) is 0. The molecule has 1 rings (SSSR count). The van der Waals surface area contributed by atoms with E-state index in [0.717, 1.165) is 31.5 Å². The summed E-state index contributed by atoms with van der Waals surface area (Å²) in [6.45, 7) is 13.9. The monoisotopic (exact) mass is 338 g/mol. The van der Waals surface area contributed by atoms with Crippen molar-refractivity contribution in [1.82, 2.24) is 9.80 Å². The van der Waals surface area contributed by atoms with Crippen LogP contribution in [0.15, 0.2) is 11.6 Å². The lowest BCUT2D eigenvalue weighted by atomic mass is 10.0. The van der Waals surface area contributed by atoms with Crippen LogP contribution in [0.4, 0.5) is 0 Å². The summed E-state index contributed by atoms with van der Waals surface area (Å²) in [5.41, 5.74) is 0.902. The van der Waals surface area contributed by atoms with Crippen molar-refractivity contribution >= 4 is 11.8 Å². The van der Waals surface area contributed by atoms with Crippen molar-refractivity contribution in [3.8, 4) is 0 Å². The first-order valence-corrected chi connectivity index (χ1v) is 9.47. The smallest absolute Gasteiger partial charge is 0.249 e. The van der Waals surface area contributed by atoms with Gasteiger partial charge in [0.15, 0.2) is 0 Å². The number of nitrogens with zero attached hydrogens (tertiary/aromatic N) is 2. The first-order chi connectivity index (χ1) is 11.3. The average molecular weight is 339 g/mol. The zero-order chi connectivity index (χ0) is 18.7. The number of allylic oxidation sites excluding steroid dienone is 1. The minimum Gasteiger partial charge on any atom is -0.342 e. The molecule has 0 aromatic heterocycles. The molecule has 2 amide bonds. The summed E-state index contributed by atoms with van der Waals surface area (Å²) in [6, 6.07) is 0.385. The molecule has 0 aliphatic carbocycles. The van der Waals surface area contributed by atoms with Crippen LogP contribution >= 0.6 is 0 Å². The fourth-order valence-electron chi connectivity index (χ4n) is 2.79. The van der Waals surface area contributed by atoms with Gasteiger partial charge in [-0.1, -0.05) is 32.8 Å². The molecule has 0 saturated carbocycles. The van der Waals surface area contributed by atoms with E-state index in [-0.39, 0.29) is 5.91 Å². The van der Waals surface area contributed by atoms with Gasteiger partial charge in [-0.15, -0.1) is 0 Å². The standard InChI is InChI=1S/2C10H19NO/c1-9(2)11-8-6-4-3-5-7-10(11)12;1-6-9(8(3)4)10(12)11(5)7-2/h9H,3-8H2,1-2H3;6,8H,7H2,1-5H3/b;9-6-. The van der Waals surface area contributed by atoms with Gasteiger partial charge in [-0.3, -0.25) is 9.59 Å². The highest BCUT2D eigenvalue weighted by atomic mass is 16.2. The van der Waals surface area contributed by atoms with Gasteiger partial charge in [-0.25, -0.2) is 0 Å². The number of hydrogen-bond acceptors (Lipinski definition) is 2. The Morgan fingerprint density at radius 2 is 1.75 bits per heavy atom. The predicted molar refractivity (Wildman–Crippen MR) is 102 cm³/mol. The highest BCUT2D eigenvalue weighted by Gasteiger charge is 2.17. The summed E-state index contributed by atoms with van der Waals surface area (Å²) in [6.07, 6.45) is 7.46. The Balaban J connectivity index is 0.000000441. The quantitative estimate of drug-likeness (QED) is 0.719. The second kappa shape index (κ2) is 12.1. The van der Waals surface area contributed by atoms with Gasteiger partial charge in [0.05, 0.1) is 0 Å². The van der Waals surface area contributed by atoms with E-state index in [4.69, 9.17) is 0 Å². The number of carbonyl (C=O) groups is 2. The van der Waals surface area contributed by atoms with Crippen LogP contribution in [0.3, 0.4) is 0 Å². The van der Waals surface area contributed by atoms with E-state index >= 15 is 0 Å². The summed E-state index contributed by atoms with van der Waals surface area (Å²) in [7, 11) is 1.83. The van der Waals surface area contributed by atoms with Gasteiger partial charge >= 0.3 is 0 Å². The normalized spacial score (nSPS) is 16.5. The van der Waals surface area contributed by atoms with Gasteiger partial charge in [0.25, 0.3) is 0 Å². The fraction of sp³-hybridized carbons (Fsp3) is 0.800. The molecule has 0 radical (unpaired) electrons. The maximum Gasteiger partial charge on any atom is 0.249 e. The molecule has 0 aromatic rings. The van der Waals surface area contributed by atoms with Crippen molar-refractivity contribution in [2.24, 2.45) is 5.92 Å². The second-order valence-corrected chi connectivity index (χ2v) is 7.06. The average Bonchev–Trinajstić information content (AvgIpc) is 2.50. The maximum absolute atomic E-state index is 11.6. The number of carbonyl (C=O) groups excluding carboxylic acids is 2. The van der Waals surface area contributed by atoms with E-state index in [1.54, 1.807) is 4.90 Å². The highest BCUT2D eigenvalue weighted by molar-refractivity contribution is 5.93.